The first kappa shape index (κ1) is 19.4. The zero-order valence-electron chi connectivity index (χ0n) is 16.1. The van der Waals surface area contributed by atoms with Crippen LogP contribution in [-0.4, -0.2) is 53.9 Å². The van der Waals surface area contributed by atoms with E-state index in [-0.39, 0.29) is 6.04 Å². The van der Waals surface area contributed by atoms with E-state index in [1.807, 2.05) is 0 Å². The number of nitrogens with one attached hydrogen (secondary N) is 2. The first-order valence-electron chi connectivity index (χ1n) is 9.66. The lowest BCUT2D eigenvalue weighted by Crippen LogP contribution is -2.39. The molecule has 8 nitrogen and oxygen atoms in total. The van der Waals surface area contributed by atoms with Crippen molar-refractivity contribution in [3.05, 3.63) is 23.8 Å². The first-order valence-corrected chi connectivity index (χ1v) is 11.2. The van der Waals surface area contributed by atoms with Gasteiger partial charge in [-0.25, -0.2) is 17.4 Å². The van der Waals surface area contributed by atoms with E-state index in [2.05, 4.69) is 10.3 Å². The Kier molecular flexibility index (Phi) is 4.93. The van der Waals surface area contributed by atoms with Gasteiger partial charge in [0.2, 0.25) is 16.0 Å². The van der Waals surface area contributed by atoms with E-state index in [9.17, 15) is 8.42 Å². The number of hydrogen-bond acceptors (Lipinski definition) is 7. The van der Waals surface area contributed by atoms with Crippen molar-refractivity contribution in [1.29, 1.82) is 5.41 Å². The van der Waals surface area contributed by atoms with E-state index < -0.39 is 21.1 Å². The third-order valence-corrected chi connectivity index (χ3v) is 7.62. The van der Waals surface area contributed by atoms with Crippen LogP contribution in [0.4, 0.5) is 5.95 Å². The van der Waals surface area contributed by atoms with Gasteiger partial charge in [0.15, 0.2) is 5.79 Å². The predicted octanol–water partition coefficient (Wildman–Crippen LogP) is 2.72. The number of aromatic nitrogens is 2. The van der Waals surface area contributed by atoms with Gasteiger partial charge < -0.3 is 20.2 Å². The molecule has 1 aromatic carbocycles. The molecular formula is C19H26N4O4S. The fourth-order valence-corrected chi connectivity index (χ4v) is 5.07. The lowest BCUT2D eigenvalue weighted by molar-refractivity contribution is -0.177. The summed E-state index contributed by atoms with van der Waals surface area (Å²) in [4.78, 5) is 4.55. The molecule has 152 valence electrons. The second-order valence-electron chi connectivity index (χ2n) is 7.71. The Bertz CT molecular complexity index is 983. The lowest BCUT2D eigenvalue weighted by atomic mass is 9.90. The summed E-state index contributed by atoms with van der Waals surface area (Å²) >= 11 is 0. The molecule has 0 bridgehead atoms. The fourth-order valence-electron chi connectivity index (χ4n) is 3.89. The van der Waals surface area contributed by atoms with Crippen molar-refractivity contribution in [2.75, 3.05) is 18.5 Å². The largest absolute Gasteiger partial charge is 0.352 e. The van der Waals surface area contributed by atoms with Crippen LogP contribution in [0, 0.1) is 5.41 Å². The topological polar surface area (TPSA) is 106 Å². The molecule has 4 rings (SSSR count). The molecule has 0 atom stereocenters. The summed E-state index contributed by atoms with van der Waals surface area (Å²) < 4.78 is 39.0. The highest BCUT2D eigenvalue weighted by molar-refractivity contribution is 7.90. The SMILES string of the molecule is CC(C)S(=O)(=O)n1c(NC2CCC3(CC2)OCCO3)nc2ccc(C=N)cc21. The quantitative estimate of drug-likeness (QED) is 0.740. The second-order valence-corrected chi connectivity index (χ2v) is 10.1. The van der Waals surface area contributed by atoms with Gasteiger partial charge in [-0.05, 0) is 44.4 Å². The molecule has 2 heterocycles. The van der Waals surface area contributed by atoms with Crippen LogP contribution >= 0.6 is 0 Å². The van der Waals surface area contributed by atoms with Crippen LogP contribution in [0.25, 0.3) is 11.0 Å². The first-order chi connectivity index (χ1) is 13.3. The molecule has 2 aromatic rings. The summed E-state index contributed by atoms with van der Waals surface area (Å²) in [6.45, 7) is 4.58. The smallest absolute Gasteiger partial charge is 0.244 e. The van der Waals surface area contributed by atoms with Crippen molar-refractivity contribution in [2.45, 2.75) is 56.6 Å². The highest BCUT2D eigenvalue weighted by Crippen LogP contribution is 2.37. The summed E-state index contributed by atoms with van der Waals surface area (Å²) in [5, 5.41) is 10.2. The minimum Gasteiger partial charge on any atom is -0.352 e. The van der Waals surface area contributed by atoms with E-state index >= 15 is 0 Å². The standard InChI is InChI=1S/C19H26N4O4S/c1-13(2)28(24,25)23-17-11-14(12-20)3-4-16(17)22-18(23)21-15-5-7-19(8-6-15)26-9-10-27-19/h3-4,11-13,15,20H,5-10H2,1-2H3,(H,21,22). The van der Waals surface area contributed by atoms with E-state index in [1.54, 1.807) is 32.0 Å². The molecule has 2 fully saturated rings. The Morgan fingerprint density at radius 2 is 1.96 bits per heavy atom. The lowest BCUT2D eigenvalue weighted by Gasteiger charge is -2.35. The Morgan fingerprint density at radius 1 is 1.29 bits per heavy atom. The monoisotopic (exact) mass is 406 g/mol. The fraction of sp³-hybridized carbons (Fsp3) is 0.579. The molecule has 2 aliphatic rings. The molecule has 2 N–H and O–H groups in total. The van der Waals surface area contributed by atoms with Gasteiger partial charge in [-0.3, -0.25) is 0 Å². The van der Waals surface area contributed by atoms with Gasteiger partial charge >= 0.3 is 0 Å². The van der Waals surface area contributed by atoms with Crippen LogP contribution in [0.5, 0.6) is 0 Å². The minimum absolute atomic E-state index is 0.0959. The third-order valence-electron chi connectivity index (χ3n) is 5.55. The number of nitrogens with zero attached hydrogens (tertiary/aromatic N) is 2. The van der Waals surface area contributed by atoms with Gasteiger partial charge in [-0.2, -0.15) is 0 Å². The average Bonchev–Trinajstić information content (AvgIpc) is 3.27. The summed E-state index contributed by atoms with van der Waals surface area (Å²) in [5.41, 5.74) is 1.72. The van der Waals surface area contributed by atoms with Crippen LogP contribution in [0.3, 0.4) is 0 Å². The maximum Gasteiger partial charge on any atom is 0.244 e. The van der Waals surface area contributed by atoms with Crippen LogP contribution in [0.15, 0.2) is 18.2 Å². The zero-order chi connectivity index (χ0) is 19.9. The molecule has 28 heavy (non-hydrogen) atoms. The van der Waals surface area contributed by atoms with Gasteiger partial charge in [0.1, 0.15) is 0 Å². The number of hydrogen-bond donors (Lipinski definition) is 2. The van der Waals surface area contributed by atoms with Crippen molar-refractivity contribution in [3.8, 4) is 0 Å². The normalized spacial score (nSPS) is 20.2. The molecule has 0 amide bonds. The van der Waals surface area contributed by atoms with Crippen molar-refractivity contribution in [1.82, 2.24) is 8.96 Å². The van der Waals surface area contributed by atoms with E-state index in [4.69, 9.17) is 14.9 Å². The molecule has 1 saturated carbocycles. The Hall–Kier alpha value is -1.97. The molecule has 1 aliphatic carbocycles. The molecule has 0 unspecified atom stereocenters. The van der Waals surface area contributed by atoms with Gasteiger partial charge in [0.05, 0.1) is 29.5 Å². The van der Waals surface area contributed by atoms with E-state index in [0.717, 1.165) is 25.7 Å². The van der Waals surface area contributed by atoms with E-state index in [0.29, 0.717) is 35.8 Å². The molecule has 0 radical (unpaired) electrons. The van der Waals surface area contributed by atoms with Gasteiger partial charge in [0, 0.05) is 25.1 Å². The average molecular weight is 407 g/mol. The van der Waals surface area contributed by atoms with Gasteiger partial charge in [0.25, 0.3) is 0 Å². The van der Waals surface area contributed by atoms with Crippen molar-refractivity contribution >= 4 is 33.2 Å². The van der Waals surface area contributed by atoms with Crippen molar-refractivity contribution in [3.63, 3.8) is 0 Å². The third kappa shape index (κ3) is 3.31. The number of benzene rings is 1. The molecule has 9 heteroatoms. The van der Waals surface area contributed by atoms with Crippen LogP contribution < -0.4 is 5.32 Å². The highest BCUT2D eigenvalue weighted by Gasteiger charge is 2.40. The number of fused-ring (bicyclic) bond motifs is 1. The number of rotatable bonds is 5. The summed E-state index contributed by atoms with van der Waals surface area (Å²) in [5.74, 6) is -0.124. The van der Waals surface area contributed by atoms with Crippen LogP contribution in [-0.2, 0) is 19.5 Å². The maximum absolute atomic E-state index is 13.1. The van der Waals surface area contributed by atoms with Crippen molar-refractivity contribution in [2.24, 2.45) is 0 Å². The van der Waals surface area contributed by atoms with Gasteiger partial charge in [-0.1, -0.05) is 6.07 Å². The molecule has 1 saturated heterocycles. The molecule has 1 spiro atoms. The van der Waals surface area contributed by atoms with E-state index in [1.165, 1.54) is 10.2 Å². The van der Waals surface area contributed by atoms with Gasteiger partial charge in [-0.15, -0.1) is 0 Å². The molecule has 1 aromatic heterocycles. The summed E-state index contributed by atoms with van der Waals surface area (Å²) in [6.07, 6.45) is 4.39. The Labute approximate surface area is 164 Å². The predicted molar refractivity (Wildman–Crippen MR) is 108 cm³/mol. The molecule has 1 aliphatic heterocycles. The zero-order valence-corrected chi connectivity index (χ0v) is 17.0. The van der Waals surface area contributed by atoms with Crippen molar-refractivity contribution < 1.29 is 17.9 Å². The van der Waals surface area contributed by atoms with Crippen LogP contribution in [0.2, 0.25) is 0 Å². The number of anilines is 1. The maximum atomic E-state index is 13.1. The number of imidazole rings is 1. The Balaban J connectivity index is 1.67. The minimum atomic E-state index is -3.62. The number of ether oxygens (including phenoxy) is 2. The highest BCUT2D eigenvalue weighted by atomic mass is 32.2. The van der Waals surface area contributed by atoms with Crippen LogP contribution in [0.1, 0.15) is 45.1 Å². The molecular weight excluding hydrogens is 380 g/mol. The Morgan fingerprint density at radius 3 is 2.57 bits per heavy atom. The summed E-state index contributed by atoms with van der Waals surface area (Å²) in [7, 11) is -3.62. The summed E-state index contributed by atoms with van der Waals surface area (Å²) in [6, 6.07) is 5.30. The second kappa shape index (κ2) is 7.13.